The zero-order valence-corrected chi connectivity index (χ0v) is 28.6. The number of ether oxygens (including phenoxy) is 2. The number of phenols is 1. The highest BCUT2D eigenvalue weighted by molar-refractivity contribution is 6.35. The van der Waals surface area contributed by atoms with Crippen molar-refractivity contribution in [1.29, 1.82) is 0 Å². The number of aromatic nitrogens is 2. The highest BCUT2D eigenvalue weighted by atomic mass is 35.5. The number of alkyl halides is 1. The second-order valence-electron chi connectivity index (χ2n) is 15.0. The lowest BCUT2D eigenvalue weighted by Gasteiger charge is -2.42. The van der Waals surface area contributed by atoms with Gasteiger partial charge in [0.2, 0.25) is 0 Å². The Morgan fingerprint density at radius 2 is 1.84 bits per heavy atom. The lowest BCUT2D eigenvalue weighted by Crippen LogP contribution is -2.56. The minimum Gasteiger partial charge on any atom is -0.508 e. The number of hydrogen-bond acceptors (Lipinski definition) is 8. The quantitative estimate of drug-likeness (QED) is 0.230. The van der Waals surface area contributed by atoms with E-state index in [4.69, 9.17) is 26.1 Å². The minimum atomic E-state index is -0.923. The van der Waals surface area contributed by atoms with Crippen LogP contribution in [0.15, 0.2) is 42.5 Å². The lowest BCUT2D eigenvalue weighted by molar-refractivity contribution is 0.0209. The van der Waals surface area contributed by atoms with Crippen LogP contribution < -0.4 is 9.64 Å². The normalized spacial score (nSPS) is 25.4. The van der Waals surface area contributed by atoms with E-state index in [9.17, 15) is 14.3 Å². The Balaban J connectivity index is 1.24. The molecule has 1 aromatic heterocycles. The third-order valence-electron chi connectivity index (χ3n) is 10.6. The fourth-order valence-corrected chi connectivity index (χ4v) is 8.84. The maximum Gasteiger partial charge on any atom is 0.410 e. The van der Waals surface area contributed by atoms with Crippen molar-refractivity contribution in [2.24, 2.45) is 0 Å². The third kappa shape index (κ3) is 5.68. The van der Waals surface area contributed by atoms with E-state index in [0.717, 1.165) is 43.0 Å². The number of piperazine rings is 1. The van der Waals surface area contributed by atoms with Crippen LogP contribution in [-0.2, 0) is 4.74 Å². The molecule has 1 N–H and O–H groups in total. The Kier molecular flexibility index (Phi) is 7.79. The molecule has 49 heavy (non-hydrogen) atoms. The minimum absolute atomic E-state index is 0.00736. The summed E-state index contributed by atoms with van der Waals surface area (Å²) in [7, 11) is 0. The molecule has 0 saturated carbocycles. The molecule has 2 bridgehead atoms. The summed E-state index contributed by atoms with van der Waals surface area (Å²) in [6.45, 7) is 7.77. The summed E-state index contributed by atoms with van der Waals surface area (Å²) >= 11 is 6.94. The molecule has 258 valence electrons. The van der Waals surface area contributed by atoms with Crippen molar-refractivity contribution in [3.05, 3.63) is 53.3 Å². The van der Waals surface area contributed by atoms with Gasteiger partial charge in [0.15, 0.2) is 5.82 Å². The van der Waals surface area contributed by atoms with Crippen LogP contribution in [0.1, 0.15) is 52.9 Å². The van der Waals surface area contributed by atoms with Crippen LogP contribution in [0.25, 0.3) is 32.8 Å². The van der Waals surface area contributed by atoms with Crippen LogP contribution in [0, 0.1) is 5.82 Å². The highest BCUT2D eigenvalue weighted by Crippen LogP contribution is 2.45. The van der Waals surface area contributed by atoms with E-state index in [0.29, 0.717) is 42.8 Å². The van der Waals surface area contributed by atoms with Gasteiger partial charge in [-0.05, 0) is 87.5 Å². The van der Waals surface area contributed by atoms with E-state index < -0.39 is 23.1 Å². The monoisotopic (exact) mass is 691 g/mol. The Labute approximate surface area is 288 Å². The van der Waals surface area contributed by atoms with Gasteiger partial charge in [-0.2, -0.15) is 9.97 Å². The number of anilines is 1. The van der Waals surface area contributed by atoms with Crippen molar-refractivity contribution in [3.63, 3.8) is 0 Å². The zero-order chi connectivity index (χ0) is 34.2. The summed E-state index contributed by atoms with van der Waals surface area (Å²) in [6.07, 6.45) is 2.48. The molecule has 4 atom stereocenters. The maximum absolute atomic E-state index is 17.1. The first-order chi connectivity index (χ1) is 23.4. The molecule has 4 saturated heterocycles. The fraction of sp³-hybridized carbons (Fsp3) is 0.486. The Bertz CT molecular complexity index is 1960. The first-order valence-corrected chi connectivity index (χ1v) is 17.5. The number of carbonyl (C=O) groups excluding carboxylic acids is 1. The van der Waals surface area contributed by atoms with E-state index in [-0.39, 0.29) is 52.6 Å². The van der Waals surface area contributed by atoms with Crippen molar-refractivity contribution in [3.8, 4) is 22.9 Å². The summed E-state index contributed by atoms with van der Waals surface area (Å²) in [4.78, 5) is 28.7. The average Bonchev–Trinajstić information content (AvgIpc) is 3.65. The average molecular weight is 692 g/mol. The number of halogens is 3. The van der Waals surface area contributed by atoms with Gasteiger partial charge in [-0.3, -0.25) is 4.90 Å². The standard InChI is InChI=1S/C37H40ClF2N5O4/c1-36(2,3)49-35(47)43-18-23-9-10-24(19-43)45(23)33-28-15-29(38)30(27-14-25(46)13-21-7-4-5-8-26(21)27)31(40)32(28)41-34(42-33)48-20-37-11-6-12-44(37)17-22(39)16-37/h4-5,7-8,13-15,22-24,46H,6,9-12,16-20H2,1-3H3/t22-,23?,24?,37+/m1/s1. The largest absolute Gasteiger partial charge is 0.508 e. The number of benzene rings is 3. The second-order valence-corrected chi connectivity index (χ2v) is 15.4. The SMILES string of the molecule is CC(C)(C)OC(=O)N1CC2CCC(C1)N2c1nc(OC[C@@]23CCCN2C[C@H](F)C3)nc2c(F)c(-c3cc(O)cc4ccccc34)c(Cl)cc12. The lowest BCUT2D eigenvalue weighted by atomic mass is 9.95. The summed E-state index contributed by atoms with van der Waals surface area (Å²) in [5.74, 6) is -0.184. The van der Waals surface area contributed by atoms with Gasteiger partial charge in [0.05, 0.1) is 10.6 Å². The molecule has 4 aromatic rings. The molecule has 0 radical (unpaired) electrons. The maximum atomic E-state index is 17.1. The molecule has 0 spiro atoms. The Morgan fingerprint density at radius 1 is 1.08 bits per heavy atom. The van der Waals surface area contributed by atoms with Gasteiger partial charge in [-0.25, -0.2) is 13.6 Å². The third-order valence-corrected chi connectivity index (χ3v) is 10.9. The van der Waals surface area contributed by atoms with Crippen molar-refractivity contribution < 1.29 is 28.2 Å². The highest BCUT2D eigenvalue weighted by Gasteiger charge is 2.50. The van der Waals surface area contributed by atoms with Gasteiger partial charge in [-0.15, -0.1) is 0 Å². The molecule has 12 heteroatoms. The number of carbonyl (C=O) groups is 1. The number of hydrogen-bond donors (Lipinski definition) is 1. The molecule has 3 aromatic carbocycles. The number of rotatable bonds is 5. The van der Waals surface area contributed by atoms with Crippen molar-refractivity contribution >= 4 is 45.2 Å². The molecule has 4 aliphatic heterocycles. The molecule has 9 nitrogen and oxygen atoms in total. The Hall–Kier alpha value is -3.96. The predicted octanol–water partition coefficient (Wildman–Crippen LogP) is 7.49. The number of nitrogens with zero attached hydrogens (tertiary/aromatic N) is 5. The van der Waals surface area contributed by atoms with E-state index in [2.05, 4.69) is 14.8 Å². The molecule has 1 amide bonds. The van der Waals surface area contributed by atoms with Crippen molar-refractivity contribution in [2.45, 2.75) is 82.3 Å². The van der Waals surface area contributed by atoms with Gasteiger partial charge >= 0.3 is 12.1 Å². The number of amides is 1. The van der Waals surface area contributed by atoms with E-state index >= 15 is 4.39 Å². The van der Waals surface area contributed by atoms with Crippen LogP contribution in [0.2, 0.25) is 5.02 Å². The van der Waals surface area contributed by atoms with Crippen LogP contribution in [0.5, 0.6) is 11.8 Å². The van der Waals surface area contributed by atoms with E-state index in [1.807, 2.05) is 45.0 Å². The Morgan fingerprint density at radius 3 is 2.59 bits per heavy atom. The van der Waals surface area contributed by atoms with Gasteiger partial charge in [0.25, 0.3) is 0 Å². The van der Waals surface area contributed by atoms with Crippen LogP contribution in [0.3, 0.4) is 0 Å². The molecule has 4 fully saturated rings. The molecule has 2 unspecified atom stereocenters. The summed E-state index contributed by atoms with van der Waals surface area (Å²) < 4.78 is 43.7. The molecule has 0 aliphatic carbocycles. The number of fused-ring (bicyclic) bond motifs is 5. The van der Waals surface area contributed by atoms with Gasteiger partial charge in [0, 0.05) is 49.1 Å². The van der Waals surface area contributed by atoms with Gasteiger partial charge in [0.1, 0.15) is 35.5 Å². The number of phenolic OH excluding ortho intramolecular Hbond substituents is 1. The van der Waals surface area contributed by atoms with Gasteiger partial charge in [-0.1, -0.05) is 35.9 Å². The van der Waals surface area contributed by atoms with Crippen LogP contribution in [0.4, 0.5) is 19.4 Å². The molecule has 5 heterocycles. The summed E-state index contributed by atoms with van der Waals surface area (Å²) in [5, 5.41) is 12.6. The van der Waals surface area contributed by atoms with Crippen LogP contribution in [-0.4, -0.2) is 93.1 Å². The molecular formula is C37H40ClF2N5O4. The zero-order valence-electron chi connectivity index (χ0n) is 27.9. The smallest absolute Gasteiger partial charge is 0.410 e. The van der Waals surface area contributed by atoms with Crippen LogP contribution >= 0.6 is 11.6 Å². The number of likely N-dealkylation sites (tertiary alicyclic amines) is 1. The van der Waals surface area contributed by atoms with Crippen molar-refractivity contribution in [1.82, 2.24) is 19.8 Å². The number of aromatic hydroxyl groups is 1. The first-order valence-electron chi connectivity index (χ1n) is 17.1. The molecule has 4 aliphatic rings. The second kappa shape index (κ2) is 11.8. The summed E-state index contributed by atoms with van der Waals surface area (Å²) in [5.41, 5.74) is -0.470. The topological polar surface area (TPSA) is 91.3 Å². The fourth-order valence-electron chi connectivity index (χ4n) is 8.54. The molecular weight excluding hydrogens is 652 g/mol. The predicted molar refractivity (Wildman–Crippen MR) is 185 cm³/mol. The van der Waals surface area contributed by atoms with E-state index in [1.165, 1.54) is 6.07 Å². The first kappa shape index (κ1) is 32.3. The van der Waals surface area contributed by atoms with Crippen molar-refractivity contribution in [2.75, 3.05) is 37.7 Å². The van der Waals surface area contributed by atoms with E-state index in [1.54, 1.807) is 17.0 Å². The summed E-state index contributed by atoms with van der Waals surface area (Å²) in [6, 6.07) is 12.0. The molecule has 8 rings (SSSR count). The van der Waals surface area contributed by atoms with Gasteiger partial charge < -0.3 is 24.4 Å².